The van der Waals surface area contributed by atoms with Crippen LogP contribution in [0.2, 0.25) is 5.02 Å². The standard InChI is InChI=1S/C19H15ClN2O5/c1-10(23)21-13-6-3-11(4-7-13)16-17(24)19(26)22(18(16)25)14-9-12(20)5-8-15(14)27-2/h3-9,24H,1-2H3,(H,21,23). The van der Waals surface area contributed by atoms with Crippen LogP contribution in [-0.2, 0) is 14.4 Å². The van der Waals surface area contributed by atoms with Gasteiger partial charge in [0.15, 0.2) is 5.76 Å². The van der Waals surface area contributed by atoms with Crippen LogP contribution in [0.1, 0.15) is 12.5 Å². The highest BCUT2D eigenvalue weighted by Crippen LogP contribution is 2.38. The van der Waals surface area contributed by atoms with Crippen molar-refractivity contribution in [2.75, 3.05) is 17.3 Å². The van der Waals surface area contributed by atoms with Gasteiger partial charge in [0.05, 0.1) is 18.4 Å². The lowest BCUT2D eigenvalue weighted by atomic mass is 10.0. The minimum atomic E-state index is -0.874. The number of methoxy groups -OCH3 is 1. The Kier molecular flexibility index (Phi) is 4.87. The molecule has 7 nitrogen and oxygen atoms in total. The Morgan fingerprint density at radius 2 is 1.78 bits per heavy atom. The van der Waals surface area contributed by atoms with Gasteiger partial charge in [-0.3, -0.25) is 14.4 Å². The van der Waals surface area contributed by atoms with E-state index >= 15 is 0 Å². The number of ether oxygens (including phenoxy) is 1. The maximum Gasteiger partial charge on any atom is 0.301 e. The zero-order chi connectivity index (χ0) is 19.7. The van der Waals surface area contributed by atoms with E-state index in [1.807, 2.05) is 0 Å². The number of benzene rings is 2. The smallest absolute Gasteiger partial charge is 0.301 e. The summed E-state index contributed by atoms with van der Waals surface area (Å²) in [5, 5.41) is 13.2. The number of rotatable bonds is 4. The number of aliphatic hydroxyl groups excluding tert-OH is 1. The Morgan fingerprint density at radius 1 is 1.11 bits per heavy atom. The molecule has 3 amide bonds. The Hall–Kier alpha value is -3.32. The molecule has 0 atom stereocenters. The van der Waals surface area contributed by atoms with Gasteiger partial charge in [0, 0.05) is 17.6 Å². The summed E-state index contributed by atoms with van der Waals surface area (Å²) in [5.74, 6) is -2.23. The second kappa shape index (κ2) is 7.13. The van der Waals surface area contributed by atoms with Crippen molar-refractivity contribution in [3.8, 4) is 5.75 Å². The van der Waals surface area contributed by atoms with Crippen molar-refractivity contribution in [1.29, 1.82) is 0 Å². The third-order valence-corrected chi connectivity index (χ3v) is 4.17. The number of imide groups is 1. The highest BCUT2D eigenvalue weighted by molar-refractivity contribution is 6.45. The van der Waals surface area contributed by atoms with Gasteiger partial charge >= 0.3 is 5.91 Å². The third-order valence-electron chi connectivity index (χ3n) is 3.94. The summed E-state index contributed by atoms with van der Waals surface area (Å²) >= 11 is 5.98. The van der Waals surface area contributed by atoms with E-state index < -0.39 is 17.6 Å². The zero-order valence-corrected chi connectivity index (χ0v) is 15.2. The minimum absolute atomic E-state index is 0.136. The first-order valence-electron chi connectivity index (χ1n) is 7.87. The van der Waals surface area contributed by atoms with Crippen molar-refractivity contribution in [3.05, 3.63) is 58.8 Å². The van der Waals surface area contributed by atoms with Crippen LogP contribution in [0.4, 0.5) is 11.4 Å². The van der Waals surface area contributed by atoms with Gasteiger partial charge in [-0.25, -0.2) is 4.90 Å². The molecule has 0 aromatic heterocycles. The molecule has 1 aliphatic heterocycles. The van der Waals surface area contributed by atoms with Crippen molar-refractivity contribution in [2.45, 2.75) is 6.92 Å². The Bertz CT molecular complexity index is 982. The molecule has 1 heterocycles. The molecule has 138 valence electrons. The molecular formula is C19H15ClN2O5. The molecule has 0 saturated carbocycles. The van der Waals surface area contributed by atoms with Gasteiger partial charge in [-0.15, -0.1) is 0 Å². The maximum absolute atomic E-state index is 12.9. The summed E-state index contributed by atoms with van der Waals surface area (Å²) in [5.41, 5.74) is 0.854. The molecule has 27 heavy (non-hydrogen) atoms. The van der Waals surface area contributed by atoms with Crippen LogP contribution < -0.4 is 15.0 Å². The summed E-state index contributed by atoms with van der Waals surface area (Å²) in [6.07, 6.45) is 0. The molecule has 8 heteroatoms. The van der Waals surface area contributed by atoms with Gasteiger partial charge < -0.3 is 15.2 Å². The molecule has 2 N–H and O–H groups in total. The molecule has 0 unspecified atom stereocenters. The van der Waals surface area contributed by atoms with Crippen molar-refractivity contribution in [3.63, 3.8) is 0 Å². The van der Waals surface area contributed by atoms with E-state index in [-0.39, 0.29) is 22.9 Å². The largest absolute Gasteiger partial charge is 0.502 e. The van der Waals surface area contributed by atoms with E-state index in [2.05, 4.69) is 5.32 Å². The molecular weight excluding hydrogens is 372 g/mol. The molecule has 2 aromatic carbocycles. The molecule has 0 bridgehead atoms. The summed E-state index contributed by atoms with van der Waals surface area (Å²) in [6, 6.07) is 10.7. The van der Waals surface area contributed by atoms with Crippen LogP contribution >= 0.6 is 11.6 Å². The number of aliphatic hydroxyl groups is 1. The van der Waals surface area contributed by atoms with E-state index in [9.17, 15) is 19.5 Å². The van der Waals surface area contributed by atoms with Gasteiger partial charge in [-0.2, -0.15) is 0 Å². The number of nitrogens with one attached hydrogen (secondary N) is 1. The van der Waals surface area contributed by atoms with Crippen LogP contribution in [0.5, 0.6) is 5.75 Å². The first kappa shape index (κ1) is 18.5. The van der Waals surface area contributed by atoms with Crippen LogP contribution in [0.3, 0.4) is 0 Å². The van der Waals surface area contributed by atoms with Crippen molar-refractivity contribution >= 4 is 46.3 Å². The molecule has 0 saturated heterocycles. The average molecular weight is 387 g/mol. The van der Waals surface area contributed by atoms with E-state index in [4.69, 9.17) is 16.3 Å². The fourth-order valence-corrected chi connectivity index (χ4v) is 2.92. The highest BCUT2D eigenvalue weighted by atomic mass is 35.5. The number of hydrogen-bond donors (Lipinski definition) is 2. The minimum Gasteiger partial charge on any atom is -0.502 e. The fraction of sp³-hybridized carbons (Fsp3) is 0.105. The first-order chi connectivity index (χ1) is 12.8. The third kappa shape index (κ3) is 3.37. The number of halogens is 1. The number of carbonyl (C=O) groups excluding carboxylic acids is 3. The molecule has 0 radical (unpaired) electrons. The average Bonchev–Trinajstić information content (AvgIpc) is 2.84. The Labute approximate surface area is 159 Å². The predicted octanol–water partition coefficient (Wildman–Crippen LogP) is 3.15. The molecule has 2 aromatic rings. The monoisotopic (exact) mass is 386 g/mol. The zero-order valence-electron chi connectivity index (χ0n) is 14.4. The van der Waals surface area contributed by atoms with E-state index in [0.717, 1.165) is 4.90 Å². The normalized spacial score (nSPS) is 14.0. The predicted molar refractivity (Wildman–Crippen MR) is 101 cm³/mol. The van der Waals surface area contributed by atoms with Crippen LogP contribution in [0.25, 0.3) is 5.57 Å². The fourth-order valence-electron chi connectivity index (χ4n) is 2.76. The molecule has 1 aliphatic rings. The summed E-state index contributed by atoms with van der Waals surface area (Å²) in [7, 11) is 1.40. The van der Waals surface area contributed by atoms with Crippen LogP contribution in [-0.4, -0.2) is 29.9 Å². The van der Waals surface area contributed by atoms with Crippen molar-refractivity contribution in [1.82, 2.24) is 0 Å². The lowest BCUT2D eigenvalue weighted by Gasteiger charge is -2.18. The second-order valence-corrected chi connectivity index (χ2v) is 6.18. The van der Waals surface area contributed by atoms with Gasteiger partial charge in [0.2, 0.25) is 5.91 Å². The number of hydrogen-bond acceptors (Lipinski definition) is 5. The molecule has 0 aliphatic carbocycles. The SMILES string of the molecule is COc1ccc(Cl)cc1N1C(=O)C(O)=C(c2ccc(NC(C)=O)cc2)C1=O. The first-order valence-corrected chi connectivity index (χ1v) is 8.25. The summed E-state index contributed by atoms with van der Waals surface area (Å²) in [6.45, 7) is 1.37. The lowest BCUT2D eigenvalue weighted by molar-refractivity contribution is -0.121. The van der Waals surface area contributed by atoms with Crippen molar-refractivity contribution in [2.24, 2.45) is 0 Å². The number of anilines is 2. The van der Waals surface area contributed by atoms with Gasteiger partial charge in [-0.05, 0) is 35.9 Å². The summed E-state index contributed by atoms with van der Waals surface area (Å²) < 4.78 is 5.19. The van der Waals surface area contributed by atoms with Crippen LogP contribution in [0.15, 0.2) is 48.2 Å². The number of carbonyl (C=O) groups is 3. The van der Waals surface area contributed by atoms with Gasteiger partial charge in [0.1, 0.15) is 5.75 Å². The highest BCUT2D eigenvalue weighted by Gasteiger charge is 2.41. The topological polar surface area (TPSA) is 95.9 Å². The van der Waals surface area contributed by atoms with Crippen molar-refractivity contribution < 1.29 is 24.2 Å². The van der Waals surface area contributed by atoms with Gasteiger partial charge in [-0.1, -0.05) is 23.7 Å². The molecule has 0 spiro atoms. The quantitative estimate of drug-likeness (QED) is 0.787. The number of amides is 3. The second-order valence-electron chi connectivity index (χ2n) is 5.74. The summed E-state index contributed by atoms with van der Waals surface area (Å²) in [4.78, 5) is 37.3. The maximum atomic E-state index is 12.9. The van der Waals surface area contributed by atoms with E-state index in [0.29, 0.717) is 16.3 Å². The van der Waals surface area contributed by atoms with E-state index in [1.54, 1.807) is 18.2 Å². The Balaban J connectivity index is 2.00. The Morgan fingerprint density at radius 3 is 2.37 bits per heavy atom. The van der Waals surface area contributed by atoms with E-state index in [1.165, 1.54) is 38.3 Å². The van der Waals surface area contributed by atoms with Gasteiger partial charge in [0.25, 0.3) is 5.91 Å². The number of nitrogens with zero attached hydrogens (tertiary/aromatic N) is 1. The molecule has 3 rings (SSSR count). The molecule has 0 fully saturated rings. The lowest BCUT2D eigenvalue weighted by Crippen LogP contribution is -2.31. The van der Waals surface area contributed by atoms with Crippen LogP contribution in [0, 0.1) is 0 Å².